The van der Waals surface area contributed by atoms with Crippen LogP contribution in [0.1, 0.15) is 42.9 Å². The number of likely N-dealkylation sites (tertiary alicyclic amines) is 1. The van der Waals surface area contributed by atoms with Crippen LogP contribution in [-0.2, 0) is 24.3 Å². The number of hydrogen-bond donors (Lipinski definition) is 0. The van der Waals surface area contributed by atoms with Crippen molar-refractivity contribution in [2.75, 3.05) is 26.2 Å². The van der Waals surface area contributed by atoms with Crippen LogP contribution >= 0.6 is 11.6 Å². The average molecular weight is 388 g/mol. The normalized spacial score (nSPS) is 21.0. The number of carbonyl (C=O) groups excluding carboxylic acids is 1. The van der Waals surface area contributed by atoms with Crippen molar-refractivity contribution in [2.24, 2.45) is 0 Å². The minimum absolute atomic E-state index is 0.154. The molecule has 144 valence electrons. The molecule has 27 heavy (non-hydrogen) atoms. The highest BCUT2D eigenvalue weighted by atomic mass is 35.5. The standard InChI is InChI=1S/C20H26ClN5O/c1-15(27)25-9-4-6-17(14-25)20-23-22-19-8-10-24(11-12-26(19)20)13-16-5-2-3-7-18(16)21/h2-3,5,7,17H,4,6,8-14H2,1H3/t17-/m1/s1. The Balaban J connectivity index is 1.46. The minimum atomic E-state index is 0.154. The van der Waals surface area contributed by atoms with Crippen LogP contribution in [0.25, 0.3) is 0 Å². The van der Waals surface area contributed by atoms with Crippen LogP contribution < -0.4 is 0 Å². The first kappa shape index (κ1) is 18.4. The van der Waals surface area contributed by atoms with Gasteiger partial charge >= 0.3 is 0 Å². The van der Waals surface area contributed by atoms with Gasteiger partial charge in [0.25, 0.3) is 0 Å². The van der Waals surface area contributed by atoms with E-state index in [1.165, 1.54) is 5.56 Å². The van der Waals surface area contributed by atoms with Crippen LogP contribution in [0, 0.1) is 0 Å². The number of carbonyl (C=O) groups is 1. The molecule has 0 aliphatic carbocycles. The summed E-state index contributed by atoms with van der Waals surface area (Å²) in [6.07, 6.45) is 3.00. The molecule has 0 spiro atoms. The van der Waals surface area contributed by atoms with E-state index in [0.717, 1.165) is 75.2 Å². The molecule has 1 saturated heterocycles. The van der Waals surface area contributed by atoms with Crippen LogP contribution in [0.15, 0.2) is 24.3 Å². The molecule has 1 aromatic heterocycles. The molecule has 1 aromatic carbocycles. The molecule has 7 heteroatoms. The molecule has 0 bridgehead atoms. The number of nitrogens with zero attached hydrogens (tertiary/aromatic N) is 5. The molecule has 1 amide bonds. The molecule has 1 fully saturated rings. The third-order valence-corrected chi connectivity index (χ3v) is 6.10. The summed E-state index contributed by atoms with van der Waals surface area (Å²) >= 11 is 6.33. The fourth-order valence-corrected chi connectivity index (χ4v) is 4.39. The van der Waals surface area contributed by atoms with Gasteiger partial charge in [-0.1, -0.05) is 29.8 Å². The Labute approximate surface area is 165 Å². The van der Waals surface area contributed by atoms with Gasteiger partial charge in [0.2, 0.25) is 5.91 Å². The second kappa shape index (κ2) is 7.98. The Bertz CT molecular complexity index is 820. The lowest BCUT2D eigenvalue weighted by Gasteiger charge is -2.31. The molecule has 3 heterocycles. The summed E-state index contributed by atoms with van der Waals surface area (Å²) in [6, 6.07) is 8.05. The molecule has 0 N–H and O–H groups in total. The molecule has 0 unspecified atom stereocenters. The number of piperidine rings is 1. The summed E-state index contributed by atoms with van der Waals surface area (Å²) in [5.74, 6) is 2.56. The molecule has 0 radical (unpaired) electrons. The predicted molar refractivity (Wildman–Crippen MR) is 105 cm³/mol. The van der Waals surface area contributed by atoms with Gasteiger partial charge in [0.05, 0.1) is 0 Å². The zero-order valence-electron chi connectivity index (χ0n) is 15.8. The van der Waals surface area contributed by atoms with Crippen molar-refractivity contribution in [1.82, 2.24) is 24.6 Å². The number of rotatable bonds is 3. The number of fused-ring (bicyclic) bond motifs is 1. The number of hydrogen-bond acceptors (Lipinski definition) is 4. The van der Waals surface area contributed by atoms with Crippen molar-refractivity contribution < 1.29 is 4.79 Å². The van der Waals surface area contributed by atoms with Gasteiger partial charge in [-0.25, -0.2) is 0 Å². The zero-order valence-corrected chi connectivity index (χ0v) is 16.5. The van der Waals surface area contributed by atoms with Crippen molar-refractivity contribution >= 4 is 17.5 Å². The molecular weight excluding hydrogens is 362 g/mol. The maximum absolute atomic E-state index is 11.8. The number of aromatic nitrogens is 3. The molecule has 4 rings (SSSR count). The highest BCUT2D eigenvalue weighted by Gasteiger charge is 2.29. The first-order chi connectivity index (χ1) is 13.1. The Morgan fingerprint density at radius 3 is 2.85 bits per heavy atom. The van der Waals surface area contributed by atoms with E-state index in [2.05, 4.69) is 25.7 Å². The van der Waals surface area contributed by atoms with E-state index in [1.807, 2.05) is 23.1 Å². The third kappa shape index (κ3) is 4.01. The van der Waals surface area contributed by atoms with Crippen LogP contribution in [0.4, 0.5) is 0 Å². The van der Waals surface area contributed by atoms with Gasteiger partial charge in [-0.3, -0.25) is 9.69 Å². The van der Waals surface area contributed by atoms with Crippen molar-refractivity contribution in [3.05, 3.63) is 46.5 Å². The number of amides is 1. The second-order valence-electron chi connectivity index (χ2n) is 7.55. The Morgan fingerprint density at radius 1 is 1.19 bits per heavy atom. The van der Waals surface area contributed by atoms with Gasteiger partial charge in [-0.15, -0.1) is 10.2 Å². The fraction of sp³-hybridized carbons (Fsp3) is 0.550. The maximum atomic E-state index is 11.8. The lowest BCUT2D eigenvalue weighted by molar-refractivity contribution is -0.130. The van der Waals surface area contributed by atoms with E-state index < -0.39 is 0 Å². The van der Waals surface area contributed by atoms with Gasteiger partial charge in [-0.2, -0.15) is 0 Å². The molecule has 2 aliphatic rings. The summed E-state index contributed by atoms with van der Waals surface area (Å²) in [6.45, 7) is 6.92. The first-order valence-corrected chi connectivity index (χ1v) is 10.1. The van der Waals surface area contributed by atoms with E-state index >= 15 is 0 Å². The Kier molecular flexibility index (Phi) is 5.45. The number of halogens is 1. The summed E-state index contributed by atoms with van der Waals surface area (Å²) < 4.78 is 2.29. The largest absolute Gasteiger partial charge is 0.342 e. The molecule has 2 aromatic rings. The molecule has 6 nitrogen and oxygen atoms in total. The van der Waals surface area contributed by atoms with Gasteiger partial charge in [0.15, 0.2) is 0 Å². The molecule has 1 atom stereocenters. The Hall–Kier alpha value is -1.92. The predicted octanol–water partition coefficient (Wildman–Crippen LogP) is 2.72. The van der Waals surface area contributed by atoms with Crippen molar-refractivity contribution in [3.63, 3.8) is 0 Å². The van der Waals surface area contributed by atoms with Crippen LogP contribution in [0.3, 0.4) is 0 Å². The van der Waals surface area contributed by atoms with Crippen molar-refractivity contribution in [2.45, 2.75) is 45.2 Å². The molecular formula is C20H26ClN5O. The van der Waals surface area contributed by atoms with E-state index in [0.29, 0.717) is 5.92 Å². The van der Waals surface area contributed by atoms with Crippen LogP contribution in [0.2, 0.25) is 5.02 Å². The average Bonchev–Trinajstić information content (AvgIpc) is 2.98. The smallest absolute Gasteiger partial charge is 0.219 e. The van der Waals surface area contributed by atoms with E-state index in [4.69, 9.17) is 11.6 Å². The molecule has 0 saturated carbocycles. The van der Waals surface area contributed by atoms with Gasteiger partial charge in [0.1, 0.15) is 11.6 Å². The lowest BCUT2D eigenvalue weighted by Crippen LogP contribution is -2.38. The highest BCUT2D eigenvalue weighted by molar-refractivity contribution is 6.31. The summed E-state index contributed by atoms with van der Waals surface area (Å²) in [5, 5.41) is 9.82. The SMILES string of the molecule is CC(=O)N1CCC[C@@H](c2nnc3n2CCN(Cc2ccccc2Cl)CC3)C1. The van der Waals surface area contributed by atoms with Gasteiger partial charge in [0, 0.05) is 63.6 Å². The van der Waals surface area contributed by atoms with Gasteiger partial charge < -0.3 is 9.47 Å². The Morgan fingerprint density at radius 2 is 2.04 bits per heavy atom. The maximum Gasteiger partial charge on any atom is 0.219 e. The zero-order chi connectivity index (χ0) is 18.8. The lowest BCUT2D eigenvalue weighted by atomic mass is 9.97. The minimum Gasteiger partial charge on any atom is -0.342 e. The van der Waals surface area contributed by atoms with E-state index in [1.54, 1.807) is 6.92 Å². The highest BCUT2D eigenvalue weighted by Crippen LogP contribution is 2.27. The van der Waals surface area contributed by atoms with E-state index in [9.17, 15) is 4.79 Å². The quantitative estimate of drug-likeness (QED) is 0.812. The summed E-state index contributed by atoms with van der Waals surface area (Å²) in [4.78, 5) is 16.1. The van der Waals surface area contributed by atoms with Crippen molar-refractivity contribution in [1.29, 1.82) is 0 Å². The van der Waals surface area contributed by atoms with Crippen LogP contribution in [-0.4, -0.2) is 56.7 Å². The van der Waals surface area contributed by atoms with Crippen molar-refractivity contribution in [3.8, 4) is 0 Å². The summed E-state index contributed by atoms with van der Waals surface area (Å²) in [5.41, 5.74) is 1.17. The summed E-state index contributed by atoms with van der Waals surface area (Å²) in [7, 11) is 0. The van der Waals surface area contributed by atoms with Gasteiger partial charge in [-0.05, 0) is 24.5 Å². The number of benzene rings is 1. The third-order valence-electron chi connectivity index (χ3n) is 5.73. The topological polar surface area (TPSA) is 54.3 Å². The fourth-order valence-electron chi connectivity index (χ4n) is 4.19. The van der Waals surface area contributed by atoms with E-state index in [-0.39, 0.29) is 5.91 Å². The first-order valence-electron chi connectivity index (χ1n) is 9.75. The monoisotopic (exact) mass is 387 g/mol. The second-order valence-corrected chi connectivity index (χ2v) is 7.96. The molecule has 2 aliphatic heterocycles. The van der Waals surface area contributed by atoms with Crippen LogP contribution in [0.5, 0.6) is 0 Å².